The zero-order valence-corrected chi connectivity index (χ0v) is 8.40. The van der Waals surface area contributed by atoms with E-state index in [2.05, 4.69) is 11.9 Å². The van der Waals surface area contributed by atoms with Crippen LogP contribution in [-0.4, -0.2) is 17.9 Å². The minimum atomic E-state index is 0.541. The minimum absolute atomic E-state index is 0.541. The molecular formula is C11H15NO2. The van der Waals surface area contributed by atoms with Crippen LogP contribution in [0, 0.1) is 0 Å². The van der Waals surface area contributed by atoms with Gasteiger partial charge in [-0.1, -0.05) is 6.92 Å². The Morgan fingerprint density at radius 2 is 2.36 bits per heavy atom. The Labute approximate surface area is 84.1 Å². The van der Waals surface area contributed by atoms with Crippen molar-refractivity contribution in [2.45, 2.75) is 26.2 Å². The molecule has 0 aliphatic heterocycles. The first-order valence-electron chi connectivity index (χ1n) is 4.87. The second kappa shape index (κ2) is 6.13. The van der Waals surface area contributed by atoms with Crippen molar-refractivity contribution >= 4 is 6.29 Å². The van der Waals surface area contributed by atoms with Crippen molar-refractivity contribution in [3.63, 3.8) is 0 Å². The molecule has 0 radical (unpaired) electrons. The Morgan fingerprint density at radius 3 is 3.07 bits per heavy atom. The lowest BCUT2D eigenvalue weighted by Crippen LogP contribution is -1.96. The quantitative estimate of drug-likeness (QED) is 0.649. The molecule has 0 saturated heterocycles. The van der Waals surface area contributed by atoms with Crippen LogP contribution in [0.5, 0.6) is 5.75 Å². The monoisotopic (exact) mass is 193 g/mol. The SMILES string of the molecule is CCCOc1cncc(CCC=O)c1. The van der Waals surface area contributed by atoms with Crippen molar-refractivity contribution in [2.24, 2.45) is 0 Å². The van der Waals surface area contributed by atoms with Gasteiger partial charge in [-0.2, -0.15) is 0 Å². The van der Waals surface area contributed by atoms with Gasteiger partial charge in [0.25, 0.3) is 0 Å². The highest BCUT2D eigenvalue weighted by Gasteiger charge is 1.97. The fourth-order valence-electron chi connectivity index (χ4n) is 1.12. The summed E-state index contributed by atoms with van der Waals surface area (Å²) in [6.07, 6.45) is 6.64. The summed E-state index contributed by atoms with van der Waals surface area (Å²) in [5, 5.41) is 0. The van der Waals surface area contributed by atoms with E-state index in [9.17, 15) is 4.79 Å². The highest BCUT2D eigenvalue weighted by molar-refractivity contribution is 5.50. The predicted molar refractivity (Wildman–Crippen MR) is 54.4 cm³/mol. The van der Waals surface area contributed by atoms with Crippen LogP contribution in [-0.2, 0) is 11.2 Å². The molecule has 3 nitrogen and oxygen atoms in total. The first-order chi connectivity index (χ1) is 6.86. The van der Waals surface area contributed by atoms with E-state index in [4.69, 9.17) is 4.74 Å². The van der Waals surface area contributed by atoms with Crippen molar-refractivity contribution in [3.8, 4) is 5.75 Å². The molecule has 0 aliphatic carbocycles. The van der Waals surface area contributed by atoms with Crippen molar-refractivity contribution < 1.29 is 9.53 Å². The van der Waals surface area contributed by atoms with E-state index in [1.807, 2.05) is 6.07 Å². The fraction of sp³-hybridized carbons (Fsp3) is 0.455. The number of hydrogen-bond donors (Lipinski definition) is 0. The lowest BCUT2D eigenvalue weighted by molar-refractivity contribution is -0.107. The first kappa shape index (κ1) is 10.7. The lowest BCUT2D eigenvalue weighted by atomic mass is 10.2. The summed E-state index contributed by atoms with van der Waals surface area (Å²) in [5.41, 5.74) is 1.05. The molecule has 1 heterocycles. The van der Waals surface area contributed by atoms with Crippen molar-refractivity contribution in [1.82, 2.24) is 4.98 Å². The molecule has 0 aromatic carbocycles. The smallest absolute Gasteiger partial charge is 0.137 e. The maximum absolute atomic E-state index is 10.2. The number of nitrogens with zero attached hydrogens (tertiary/aromatic N) is 1. The number of pyridine rings is 1. The average molecular weight is 193 g/mol. The Bertz CT molecular complexity index is 286. The Kier molecular flexibility index (Phi) is 4.69. The largest absolute Gasteiger partial charge is 0.492 e. The Hall–Kier alpha value is -1.38. The molecule has 0 fully saturated rings. The highest BCUT2D eigenvalue weighted by Crippen LogP contribution is 2.12. The molecule has 0 spiro atoms. The second-order valence-electron chi connectivity index (χ2n) is 3.08. The van der Waals surface area contributed by atoms with Gasteiger partial charge in [0.2, 0.25) is 0 Å². The van der Waals surface area contributed by atoms with E-state index in [1.165, 1.54) is 0 Å². The van der Waals surface area contributed by atoms with E-state index >= 15 is 0 Å². The van der Waals surface area contributed by atoms with Gasteiger partial charge in [0.1, 0.15) is 12.0 Å². The van der Waals surface area contributed by atoms with E-state index in [0.29, 0.717) is 13.0 Å². The maximum Gasteiger partial charge on any atom is 0.137 e. The van der Waals surface area contributed by atoms with E-state index in [0.717, 1.165) is 30.4 Å². The molecule has 0 N–H and O–H groups in total. The van der Waals surface area contributed by atoms with Crippen molar-refractivity contribution in [3.05, 3.63) is 24.0 Å². The van der Waals surface area contributed by atoms with Gasteiger partial charge >= 0.3 is 0 Å². The third-order valence-corrected chi connectivity index (χ3v) is 1.79. The van der Waals surface area contributed by atoms with Gasteiger partial charge in [0, 0.05) is 12.6 Å². The molecule has 0 bridgehead atoms. The lowest BCUT2D eigenvalue weighted by Gasteiger charge is -2.05. The van der Waals surface area contributed by atoms with Crippen LogP contribution in [0.25, 0.3) is 0 Å². The zero-order valence-electron chi connectivity index (χ0n) is 8.40. The zero-order chi connectivity index (χ0) is 10.2. The van der Waals surface area contributed by atoms with Crippen LogP contribution in [0.3, 0.4) is 0 Å². The van der Waals surface area contributed by atoms with Crippen LogP contribution < -0.4 is 4.74 Å². The Morgan fingerprint density at radius 1 is 1.50 bits per heavy atom. The maximum atomic E-state index is 10.2. The van der Waals surface area contributed by atoms with E-state index < -0.39 is 0 Å². The molecule has 14 heavy (non-hydrogen) atoms. The van der Waals surface area contributed by atoms with Crippen molar-refractivity contribution in [1.29, 1.82) is 0 Å². The van der Waals surface area contributed by atoms with Crippen LogP contribution >= 0.6 is 0 Å². The number of aryl methyl sites for hydroxylation is 1. The van der Waals surface area contributed by atoms with Crippen LogP contribution in [0.15, 0.2) is 18.5 Å². The summed E-state index contributed by atoms with van der Waals surface area (Å²) in [6, 6.07) is 1.94. The van der Waals surface area contributed by atoms with Gasteiger partial charge in [-0.25, -0.2) is 0 Å². The summed E-state index contributed by atoms with van der Waals surface area (Å²) in [7, 11) is 0. The molecule has 0 saturated carbocycles. The number of carbonyl (C=O) groups excluding carboxylic acids is 1. The normalized spacial score (nSPS) is 9.79. The third-order valence-electron chi connectivity index (χ3n) is 1.79. The number of hydrogen-bond acceptors (Lipinski definition) is 3. The molecule has 0 aliphatic rings. The van der Waals surface area contributed by atoms with Crippen LogP contribution in [0.2, 0.25) is 0 Å². The molecule has 0 unspecified atom stereocenters. The van der Waals surface area contributed by atoms with Gasteiger partial charge in [-0.15, -0.1) is 0 Å². The highest BCUT2D eigenvalue weighted by atomic mass is 16.5. The first-order valence-corrected chi connectivity index (χ1v) is 4.87. The topological polar surface area (TPSA) is 39.2 Å². The summed E-state index contributed by atoms with van der Waals surface area (Å²) in [4.78, 5) is 14.2. The van der Waals surface area contributed by atoms with Crippen LogP contribution in [0.1, 0.15) is 25.3 Å². The molecular weight excluding hydrogens is 178 g/mol. The number of aromatic nitrogens is 1. The van der Waals surface area contributed by atoms with Crippen molar-refractivity contribution in [2.75, 3.05) is 6.61 Å². The number of rotatable bonds is 6. The average Bonchev–Trinajstić information content (AvgIpc) is 2.24. The summed E-state index contributed by atoms with van der Waals surface area (Å²) in [5.74, 6) is 0.787. The number of ether oxygens (including phenoxy) is 1. The van der Waals surface area contributed by atoms with Gasteiger partial charge in [0.15, 0.2) is 0 Å². The predicted octanol–water partition coefficient (Wildman–Crippen LogP) is 2.00. The Balaban J connectivity index is 2.54. The molecule has 1 aromatic rings. The fourth-order valence-corrected chi connectivity index (χ4v) is 1.12. The van der Waals surface area contributed by atoms with Gasteiger partial charge < -0.3 is 9.53 Å². The van der Waals surface area contributed by atoms with E-state index in [1.54, 1.807) is 12.4 Å². The number of aldehydes is 1. The van der Waals surface area contributed by atoms with Gasteiger partial charge in [-0.3, -0.25) is 4.98 Å². The number of carbonyl (C=O) groups is 1. The third kappa shape index (κ3) is 3.56. The second-order valence-corrected chi connectivity index (χ2v) is 3.08. The summed E-state index contributed by atoms with van der Waals surface area (Å²) < 4.78 is 5.42. The van der Waals surface area contributed by atoms with E-state index in [-0.39, 0.29) is 0 Å². The molecule has 1 rings (SSSR count). The molecule has 0 atom stereocenters. The van der Waals surface area contributed by atoms with Gasteiger partial charge in [0.05, 0.1) is 12.8 Å². The molecule has 0 amide bonds. The standard InChI is InChI=1S/C11H15NO2/c1-2-6-14-11-7-10(4-3-5-13)8-12-9-11/h5,7-9H,2-4,6H2,1H3. The molecule has 1 aromatic heterocycles. The summed E-state index contributed by atoms with van der Waals surface area (Å²) >= 11 is 0. The molecule has 76 valence electrons. The molecule has 3 heteroatoms. The van der Waals surface area contributed by atoms with Gasteiger partial charge in [-0.05, 0) is 24.5 Å². The minimum Gasteiger partial charge on any atom is -0.492 e. The van der Waals surface area contributed by atoms with Crippen LogP contribution in [0.4, 0.5) is 0 Å². The summed E-state index contributed by atoms with van der Waals surface area (Å²) in [6.45, 7) is 2.77.